The summed E-state index contributed by atoms with van der Waals surface area (Å²) < 4.78 is 3.80. The fourth-order valence-corrected chi connectivity index (χ4v) is 2.31. The van der Waals surface area contributed by atoms with Gasteiger partial charge in [-0.05, 0) is 23.4 Å². The summed E-state index contributed by atoms with van der Waals surface area (Å²) in [6.07, 6.45) is 0. The first kappa shape index (κ1) is 15.4. The summed E-state index contributed by atoms with van der Waals surface area (Å²) in [5.74, 6) is -0.208. The summed E-state index contributed by atoms with van der Waals surface area (Å²) >= 11 is 1.04. The minimum absolute atomic E-state index is 0.00299. The van der Waals surface area contributed by atoms with Crippen LogP contribution in [0.4, 0.5) is 0 Å². The van der Waals surface area contributed by atoms with Crippen LogP contribution in [0.3, 0.4) is 0 Å². The first-order valence-corrected chi connectivity index (χ1v) is 6.76. The Hall–Kier alpha value is -1.70. The van der Waals surface area contributed by atoms with Crippen molar-refractivity contribution in [1.82, 2.24) is 14.9 Å². The van der Waals surface area contributed by atoms with Crippen molar-refractivity contribution in [3.63, 3.8) is 0 Å². The average Bonchev–Trinajstić information content (AvgIpc) is 2.83. The quantitative estimate of drug-likeness (QED) is 0.325. The number of hydrogen-bond acceptors (Lipinski definition) is 6. The van der Waals surface area contributed by atoms with Gasteiger partial charge in [-0.2, -0.15) is 0 Å². The molecule has 0 fully saturated rings. The topological polar surface area (TPSA) is 113 Å². The monoisotopic (exact) mass is 285 g/mol. The highest BCUT2D eigenvalue weighted by Crippen LogP contribution is 2.19. The Balaban J connectivity index is 2.91. The molecule has 1 rings (SSSR count). The van der Waals surface area contributed by atoms with E-state index in [1.54, 1.807) is 0 Å². The lowest BCUT2D eigenvalue weighted by atomic mass is 10.0. The third kappa shape index (κ3) is 3.63. The zero-order valence-electron chi connectivity index (χ0n) is 11.4. The molecule has 0 aliphatic carbocycles. The Kier molecular flexibility index (Phi) is 5.22. The number of oxime groups is 1. The van der Waals surface area contributed by atoms with E-state index in [1.807, 2.05) is 27.7 Å². The van der Waals surface area contributed by atoms with E-state index < -0.39 is 6.04 Å². The maximum absolute atomic E-state index is 12.2. The van der Waals surface area contributed by atoms with Crippen LogP contribution in [0.15, 0.2) is 5.16 Å². The van der Waals surface area contributed by atoms with E-state index in [9.17, 15) is 4.79 Å². The lowest BCUT2D eigenvalue weighted by Gasteiger charge is -2.20. The molecule has 1 aromatic rings. The number of amides is 1. The van der Waals surface area contributed by atoms with E-state index in [0.29, 0.717) is 10.6 Å². The number of carbonyl (C=O) groups excluding carboxylic acids is 1. The molecule has 0 spiro atoms. The number of rotatable bonds is 5. The predicted molar refractivity (Wildman–Crippen MR) is 73.5 cm³/mol. The van der Waals surface area contributed by atoms with Crippen LogP contribution in [0.1, 0.15) is 49.0 Å². The maximum Gasteiger partial charge on any atom is 0.265 e. The van der Waals surface area contributed by atoms with Crippen molar-refractivity contribution < 1.29 is 10.0 Å². The number of nitrogens with two attached hydrogens (primary N) is 1. The van der Waals surface area contributed by atoms with Gasteiger partial charge in [0.1, 0.15) is 4.88 Å². The molecule has 1 unspecified atom stereocenters. The van der Waals surface area contributed by atoms with E-state index in [2.05, 4.69) is 20.1 Å². The van der Waals surface area contributed by atoms with Crippen LogP contribution in [0.5, 0.6) is 0 Å². The number of amidine groups is 1. The molecule has 0 aliphatic heterocycles. The first-order chi connectivity index (χ1) is 8.88. The highest BCUT2D eigenvalue weighted by Gasteiger charge is 2.25. The van der Waals surface area contributed by atoms with Crippen molar-refractivity contribution in [2.75, 3.05) is 0 Å². The van der Waals surface area contributed by atoms with Crippen molar-refractivity contribution in [3.8, 4) is 0 Å². The number of nitrogens with one attached hydrogen (secondary N) is 1. The van der Waals surface area contributed by atoms with Crippen LogP contribution in [-0.4, -0.2) is 32.6 Å². The zero-order chi connectivity index (χ0) is 14.6. The normalized spacial score (nSPS) is 13.9. The van der Waals surface area contributed by atoms with Gasteiger partial charge in [0.2, 0.25) is 0 Å². The summed E-state index contributed by atoms with van der Waals surface area (Å²) in [7, 11) is 0. The standard InChI is InChI=1S/C11H19N5O2S/c1-5(2)7-9(19-16-14-7)11(17)13-8(6(3)4)10(12)15-18/h5-6,8,18H,1-4H3,(H2,12,15)(H,13,17). The summed E-state index contributed by atoms with van der Waals surface area (Å²) in [5.41, 5.74) is 6.23. The van der Waals surface area contributed by atoms with Crippen molar-refractivity contribution in [3.05, 3.63) is 10.6 Å². The predicted octanol–water partition coefficient (Wildman–Crippen LogP) is 1.16. The summed E-state index contributed by atoms with van der Waals surface area (Å²) in [6, 6.07) is -0.528. The molecule has 4 N–H and O–H groups in total. The SMILES string of the molecule is CC(C)c1nnsc1C(=O)NC(C(N)=NO)C(C)C. The van der Waals surface area contributed by atoms with Crippen LogP contribution in [0.25, 0.3) is 0 Å². The van der Waals surface area contributed by atoms with Gasteiger partial charge in [0.25, 0.3) is 5.91 Å². The molecule has 0 saturated heterocycles. The lowest BCUT2D eigenvalue weighted by Crippen LogP contribution is -2.47. The van der Waals surface area contributed by atoms with Gasteiger partial charge in [-0.15, -0.1) is 5.10 Å². The minimum Gasteiger partial charge on any atom is -0.409 e. The molecule has 0 aliphatic rings. The third-order valence-electron chi connectivity index (χ3n) is 2.65. The Labute approximate surface area is 116 Å². The maximum atomic E-state index is 12.2. The molecule has 1 aromatic heterocycles. The van der Waals surface area contributed by atoms with Gasteiger partial charge in [-0.25, -0.2) is 0 Å². The molecule has 106 valence electrons. The summed E-state index contributed by atoms with van der Waals surface area (Å²) in [4.78, 5) is 12.7. The Bertz CT molecular complexity index is 469. The molecule has 8 heteroatoms. The van der Waals surface area contributed by atoms with Gasteiger partial charge in [-0.3, -0.25) is 4.79 Å². The molecule has 1 heterocycles. The Morgan fingerprint density at radius 2 is 2.05 bits per heavy atom. The second-order valence-corrected chi connectivity index (χ2v) is 5.62. The minimum atomic E-state index is -0.528. The summed E-state index contributed by atoms with van der Waals surface area (Å²) in [6.45, 7) is 7.63. The smallest absolute Gasteiger partial charge is 0.265 e. The molecule has 0 saturated carbocycles. The van der Waals surface area contributed by atoms with Crippen LogP contribution in [0, 0.1) is 5.92 Å². The number of hydrogen-bond donors (Lipinski definition) is 3. The number of nitrogens with zero attached hydrogens (tertiary/aromatic N) is 3. The van der Waals surface area contributed by atoms with E-state index in [1.165, 1.54) is 0 Å². The van der Waals surface area contributed by atoms with Crippen LogP contribution < -0.4 is 11.1 Å². The van der Waals surface area contributed by atoms with Gasteiger partial charge >= 0.3 is 0 Å². The van der Waals surface area contributed by atoms with Crippen LogP contribution >= 0.6 is 11.5 Å². The van der Waals surface area contributed by atoms with Gasteiger partial charge < -0.3 is 16.3 Å². The molecule has 19 heavy (non-hydrogen) atoms. The number of carbonyl (C=O) groups is 1. The highest BCUT2D eigenvalue weighted by atomic mass is 32.1. The van der Waals surface area contributed by atoms with Crippen LogP contribution in [0.2, 0.25) is 0 Å². The average molecular weight is 285 g/mol. The van der Waals surface area contributed by atoms with Crippen LogP contribution in [-0.2, 0) is 0 Å². The zero-order valence-corrected chi connectivity index (χ0v) is 12.2. The van der Waals surface area contributed by atoms with Gasteiger partial charge in [0.05, 0.1) is 11.7 Å². The molecule has 0 radical (unpaired) electrons. The Morgan fingerprint density at radius 3 is 2.53 bits per heavy atom. The molecule has 7 nitrogen and oxygen atoms in total. The van der Waals surface area contributed by atoms with Gasteiger partial charge in [-0.1, -0.05) is 37.3 Å². The lowest BCUT2D eigenvalue weighted by molar-refractivity contribution is 0.0941. The number of aromatic nitrogens is 2. The van der Waals surface area contributed by atoms with E-state index in [4.69, 9.17) is 10.9 Å². The van der Waals surface area contributed by atoms with E-state index in [0.717, 1.165) is 11.5 Å². The van der Waals surface area contributed by atoms with Gasteiger partial charge in [0, 0.05) is 0 Å². The van der Waals surface area contributed by atoms with Crippen molar-refractivity contribution in [2.24, 2.45) is 16.8 Å². The van der Waals surface area contributed by atoms with E-state index >= 15 is 0 Å². The second-order valence-electron chi connectivity index (χ2n) is 4.86. The highest BCUT2D eigenvalue weighted by molar-refractivity contribution is 7.08. The largest absolute Gasteiger partial charge is 0.409 e. The van der Waals surface area contributed by atoms with Crippen molar-refractivity contribution in [2.45, 2.75) is 39.7 Å². The molecule has 0 bridgehead atoms. The summed E-state index contributed by atoms with van der Waals surface area (Å²) in [5, 5.41) is 18.4. The van der Waals surface area contributed by atoms with Crippen molar-refractivity contribution in [1.29, 1.82) is 0 Å². The molecule has 1 atom stereocenters. The molecular formula is C11H19N5O2S. The molecular weight excluding hydrogens is 266 g/mol. The fraction of sp³-hybridized carbons (Fsp3) is 0.636. The van der Waals surface area contributed by atoms with Gasteiger partial charge in [0.15, 0.2) is 5.84 Å². The fourth-order valence-electron chi connectivity index (χ4n) is 1.58. The van der Waals surface area contributed by atoms with E-state index in [-0.39, 0.29) is 23.6 Å². The Morgan fingerprint density at radius 1 is 1.42 bits per heavy atom. The van der Waals surface area contributed by atoms with Crippen molar-refractivity contribution >= 4 is 23.3 Å². The second kappa shape index (κ2) is 6.46. The molecule has 1 amide bonds. The molecule has 0 aromatic carbocycles. The third-order valence-corrected chi connectivity index (χ3v) is 3.39. The first-order valence-electron chi connectivity index (χ1n) is 5.99.